The van der Waals surface area contributed by atoms with E-state index in [1.165, 1.54) is 5.54 Å². The third kappa shape index (κ3) is 2.48. The highest BCUT2D eigenvalue weighted by molar-refractivity contribution is 6.25. The summed E-state index contributed by atoms with van der Waals surface area (Å²) in [5.41, 5.74) is 2.37. The van der Waals surface area contributed by atoms with Crippen molar-refractivity contribution in [3.63, 3.8) is 0 Å². The molecule has 0 amide bonds. The minimum absolute atomic E-state index is 0.439. The SMILES string of the molecule is Cl/C=C/COc1ccc2ccccc2n1. The molecule has 3 heteroatoms. The summed E-state index contributed by atoms with van der Waals surface area (Å²) >= 11 is 5.38. The third-order valence-electron chi connectivity index (χ3n) is 1.99. The van der Waals surface area contributed by atoms with Gasteiger partial charge in [-0.05, 0) is 18.2 Å². The van der Waals surface area contributed by atoms with Crippen molar-refractivity contribution in [2.24, 2.45) is 0 Å². The summed E-state index contributed by atoms with van der Waals surface area (Å²) in [7, 11) is 0. The molecule has 15 heavy (non-hydrogen) atoms. The van der Waals surface area contributed by atoms with Crippen molar-refractivity contribution in [1.82, 2.24) is 4.98 Å². The van der Waals surface area contributed by atoms with Gasteiger partial charge in [0.1, 0.15) is 6.61 Å². The summed E-state index contributed by atoms with van der Waals surface area (Å²) in [5.74, 6) is 0.614. The van der Waals surface area contributed by atoms with Gasteiger partial charge in [-0.2, -0.15) is 0 Å². The number of halogens is 1. The fourth-order valence-corrected chi connectivity index (χ4v) is 1.37. The van der Waals surface area contributed by atoms with E-state index in [2.05, 4.69) is 4.98 Å². The predicted octanol–water partition coefficient (Wildman–Crippen LogP) is 3.37. The van der Waals surface area contributed by atoms with Gasteiger partial charge in [0.05, 0.1) is 5.52 Å². The van der Waals surface area contributed by atoms with Gasteiger partial charge in [-0.3, -0.25) is 0 Å². The quantitative estimate of drug-likeness (QED) is 0.790. The van der Waals surface area contributed by atoms with Crippen LogP contribution < -0.4 is 4.74 Å². The van der Waals surface area contributed by atoms with Crippen LogP contribution in [0.5, 0.6) is 5.88 Å². The van der Waals surface area contributed by atoms with Gasteiger partial charge in [0.15, 0.2) is 0 Å². The molecule has 1 aromatic carbocycles. The Morgan fingerprint density at radius 1 is 1.20 bits per heavy atom. The molecule has 0 bridgehead atoms. The highest BCUT2D eigenvalue weighted by atomic mass is 35.5. The Kier molecular flexibility index (Phi) is 3.20. The van der Waals surface area contributed by atoms with Crippen LogP contribution in [0.2, 0.25) is 0 Å². The van der Waals surface area contributed by atoms with E-state index in [9.17, 15) is 0 Å². The molecule has 2 nitrogen and oxygen atoms in total. The normalized spacial score (nSPS) is 11.0. The number of nitrogens with zero attached hydrogens (tertiary/aromatic N) is 1. The smallest absolute Gasteiger partial charge is 0.214 e. The first kappa shape index (κ1) is 9.99. The van der Waals surface area contributed by atoms with Crippen LogP contribution >= 0.6 is 11.6 Å². The summed E-state index contributed by atoms with van der Waals surface area (Å²) in [4.78, 5) is 4.35. The standard InChI is InChI=1S/C12H10ClNO/c13-8-3-9-15-12-7-6-10-4-1-2-5-11(10)14-12/h1-8H,9H2/b8-3+. The molecule has 2 aromatic rings. The average molecular weight is 220 g/mol. The van der Waals surface area contributed by atoms with Gasteiger partial charge in [-0.15, -0.1) is 0 Å². The van der Waals surface area contributed by atoms with Crippen LogP contribution in [0, 0.1) is 0 Å². The van der Waals surface area contributed by atoms with Gasteiger partial charge in [0, 0.05) is 17.0 Å². The lowest BCUT2D eigenvalue weighted by molar-refractivity contribution is 0.350. The lowest BCUT2D eigenvalue weighted by Gasteiger charge is -2.03. The Morgan fingerprint density at radius 2 is 2.07 bits per heavy atom. The maximum Gasteiger partial charge on any atom is 0.214 e. The van der Waals surface area contributed by atoms with Crippen molar-refractivity contribution in [3.05, 3.63) is 48.0 Å². The van der Waals surface area contributed by atoms with E-state index in [0.717, 1.165) is 10.9 Å². The van der Waals surface area contributed by atoms with Crippen molar-refractivity contribution >= 4 is 22.5 Å². The zero-order valence-electron chi connectivity index (χ0n) is 8.06. The first-order chi connectivity index (χ1) is 7.40. The molecule has 0 unspecified atom stereocenters. The van der Waals surface area contributed by atoms with Gasteiger partial charge in [-0.25, -0.2) is 4.98 Å². The fraction of sp³-hybridized carbons (Fsp3) is 0.0833. The minimum Gasteiger partial charge on any atom is -0.473 e. The second-order valence-corrected chi connectivity index (χ2v) is 3.27. The Bertz CT molecular complexity index is 482. The Morgan fingerprint density at radius 3 is 2.93 bits per heavy atom. The lowest BCUT2D eigenvalue weighted by atomic mass is 10.2. The van der Waals surface area contributed by atoms with Crippen LogP contribution in [-0.2, 0) is 0 Å². The van der Waals surface area contributed by atoms with E-state index in [0.29, 0.717) is 12.5 Å². The number of hydrogen-bond donors (Lipinski definition) is 0. The molecule has 0 atom stereocenters. The fourth-order valence-electron chi connectivity index (χ4n) is 1.30. The molecule has 0 aliphatic rings. The number of pyridine rings is 1. The Labute approximate surface area is 93.2 Å². The molecule has 76 valence electrons. The van der Waals surface area contributed by atoms with Crippen LogP contribution in [0.15, 0.2) is 48.0 Å². The van der Waals surface area contributed by atoms with Crippen molar-refractivity contribution < 1.29 is 4.74 Å². The molecule has 1 heterocycles. The van der Waals surface area contributed by atoms with Crippen LogP contribution in [0.3, 0.4) is 0 Å². The zero-order valence-corrected chi connectivity index (χ0v) is 8.82. The van der Waals surface area contributed by atoms with E-state index in [4.69, 9.17) is 16.3 Å². The summed E-state index contributed by atoms with van der Waals surface area (Å²) in [6.07, 6.45) is 1.72. The average Bonchev–Trinajstić information content (AvgIpc) is 2.29. The minimum atomic E-state index is 0.439. The first-order valence-corrected chi connectivity index (χ1v) is 5.07. The maximum absolute atomic E-state index is 5.38. The summed E-state index contributed by atoms with van der Waals surface area (Å²) < 4.78 is 5.37. The number of ether oxygens (including phenoxy) is 1. The second-order valence-electron chi connectivity index (χ2n) is 3.01. The largest absolute Gasteiger partial charge is 0.473 e. The van der Waals surface area contributed by atoms with E-state index >= 15 is 0 Å². The number of benzene rings is 1. The number of para-hydroxylation sites is 1. The molecule has 0 saturated heterocycles. The van der Waals surface area contributed by atoms with E-state index in [-0.39, 0.29) is 0 Å². The molecule has 0 N–H and O–H groups in total. The van der Waals surface area contributed by atoms with Crippen LogP contribution in [0.25, 0.3) is 10.9 Å². The van der Waals surface area contributed by atoms with E-state index < -0.39 is 0 Å². The summed E-state index contributed by atoms with van der Waals surface area (Å²) in [6, 6.07) is 11.8. The number of hydrogen-bond acceptors (Lipinski definition) is 2. The number of fused-ring (bicyclic) bond motifs is 1. The van der Waals surface area contributed by atoms with E-state index in [1.807, 2.05) is 36.4 Å². The van der Waals surface area contributed by atoms with Crippen LogP contribution in [0.4, 0.5) is 0 Å². The molecule has 0 aliphatic heterocycles. The van der Waals surface area contributed by atoms with Crippen molar-refractivity contribution in [3.8, 4) is 5.88 Å². The zero-order chi connectivity index (χ0) is 10.5. The predicted molar refractivity (Wildman–Crippen MR) is 62.2 cm³/mol. The molecule has 0 aliphatic carbocycles. The Hall–Kier alpha value is -1.54. The van der Waals surface area contributed by atoms with Crippen LogP contribution in [0.1, 0.15) is 0 Å². The summed E-state index contributed by atoms with van der Waals surface area (Å²) in [6.45, 7) is 0.439. The van der Waals surface area contributed by atoms with Crippen molar-refractivity contribution in [1.29, 1.82) is 0 Å². The van der Waals surface area contributed by atoms with Gasteiger partial charge < -0.3 is 4.74 Å². The van der Waals surface area contributed by atoms with Gasteiger partial charge in [0.25, 0.3) is 0 Å². The molecular formula is C12H10ClNO. The lowest BCUT2D eigenvalue weighted by Crippen LogP contribution is -1.95. The van der Waals surface area contributed by atoms with Crippen LogP contribution in [-0.4, -0.2) is 11.6 Å². The van der Waals surface area contributed by atoms with Gasteiger partial charge >= 0.3 is 0 Å². The van der Waals surface area contributed by atoms with Crippen molar-refractivity contribution in [2.45, 2.75) is 0 Å². The van der Waals surface area contributed by atoms with Gasteiger partial charge in [0.2, 0.25) is 5.88 Å². The molecule has 0 fully saturated rings. The second kappa shape index (κ2) is 4.80. The van der Waals surface area contributed by atoms with E-state index in [1.54, 1.807) is 6.08 Å². The molecule has 0 radical (unpaired) electrons. The van der Waals surface area contributed by atoms with Gasteiger partial charge in [-0.1, -0.05) is 29.8 Å². The highest BCUT2D eigenvalue weighted by Crippen LogP contribution is 2.15. The molecule has 1 aromatic heterocycles. The molecule has 0 spiro atoms. The molecular weight excluding hydrogens is 210 g/mol. The monoisotopic (exact) mass is 219 g/mol. The van der Waals surface area contributed by atoms with Crippen molar-refractivity contribution in [2.75, 3.05) is 6.61 Å². The maximum atomic E-state index is 5.38. The topological polar surface area (TPSA) is 22.1 Å². The number of rotatable bonds is 3. The third-order valence-corrected chi connectivity index (χ3v) is 2.17. The molecule has 0 saturated carbocycles. The number of aromatic nitrogens is 1. The molecule has 2 rings (SSSR count). The highest BCUT2D eigenvalue weighted by Gasteiger charge is 1.96. The first-order valence-electron chi connectivity index (χ1n) is 4.64. The summed E-state index contributed by atoms with van der Waals surface area (Å²) in [5, 5.41) is 1.11. The Balaban J connectivity index is 2.23.